The van der Waals surface area contributed by atoms with Crippen molar-refractivity contribution < 1.29 is 0 Å². The maximum Gasteiger partial charge on any atom is 0.0951 e. The highest BCUT2D eigenvalue weighted by atomic mass is 15.1. The number of nitrogens with two attached hydrogens (primary N) is 1. The number of aromatic nitrogens is 2. The average molecular weight is 283 g/mol. The predicted molar refractivity (Wildman–Crippen MR) is 86.0 cm³/mol. The molecule has 0 radical (unpaired) electrons. The van der Waals surface area contributed by atoms with Crippen LogP contribution in [-0.4, -0.2) is 9.55 Å². The zero-order valence-corrected chi connectivity index (χ0v) is 12.8. The molecule has 2 atom stereocenters. The molecule has 1 heterocycles. The molecule has 3 heteroatoms. The van der Waals surface area contributed by atoms with Crippen LogP contribution in [0.25, 0.3) is 0 Å². The molecule has 1 fully saturated rings. The molecule has 0 amide bonds. The first-order valence-corrected chi connectivity index (χ1v) is 8.09. The highest BCUT2D eigenvalue weighted by molar-refractivity contribution is 5.19. The lowest BCUT2D eigenvalue weighted by Gasteiger charge is -2.22. The smallest absolute Gasteiger partial charge is 0.0951 e. The van der Waals surface area contributed by atoms with Crippen molar-refractivity contribution in [3.63, 3.8) is 0 Å². The van der Waals surface area contributed by atoms with E-state index in [0.29, 0.717) is 6.04 Å². The van der Waals surface area contributed by atoms with Gasteiger partial charge in [0.25, 0.3) is 0 Å². The summed E-state index contributed by atoms with van der Waals surface area (Å²) < 4.78 is 2.33. The Bertz CT molecular complexity index is 557. The van der Waals surface area contributed by atoms with Gasteiger partial charge in [0.05, 0.1) is 18.1 Å². The van der Waals surface area contributed by atoms with E-state index in [-0.39, 0.29) is 6.04 Å². The number of benzene rings is 1. The van der Waals surface area contributed by atoms with E-state index in [0.717, 1.165) is 18.8 Å². The fraction of sp³-hybridized carbons (Fsp3) is 0.500. The van der Waals surface area contributed by atoms with Crippen molar-refractivity contribution in [1.29, 1.82) is 0 Å². The van der Waals surface area contributed by atoms with Crippen LogP contribution in [0.1, 0.15) is 55.9 Å². The van der Waals surface area contributed by atoms with Gasteiger partial charge in [0.15, 0.2) is 0 Å². The summed E-state index contributed by atoms with van der Waals surface area (Å²) in [5.74, 6) is 0.926. The summed E-state index contributed by atoms with van der Waals surface area (Å²) >= 11 is 0. The van der Waals surface area contributed by atoms with E-state index in [1.807, 2.05) is 18.6 Å². The minimum atomic E-state index is 0.0168. The van der Waals surface area contributed by atoms with Crippen LogP contribution in [0.3, 0.4) is 0 Å². The third-order valence-electron chi connectivity index (χ3n) is 4.54. The lowest BCUT2D eigenvalue weighted by Crippen LogP contribution is -2.20. The van der Waals surface area contributed by atoms with E-state index in [1.165, 1.54) is 30.5 Å². The Hall–Kier alpha value is -1.61. The van der Waals surface area contributed by atoms with Crippen LogP contribution in [0.15, 0.2) is 42.9 Å². The molecule has 1 aliphatic carbocycles. The van der Waals surface area contributed by atoms with Crippen molar-refractivity contribution in [2.75, 3.05) is 0 Å². The minimum Gasteiger partial charge on any atom is -0.330 e. The van der Waals surface area contributed by atoms with Gasteiger partial charge < -0.3 is 10.3 Å². The van der Waals surface area contributed by atoms with Gasteiger partial charge in [0.2, 0.25) is 0 Å². The van der Waals surface area contributed by atoms with Crippen molar-refractivity contribution in [2.24, 2.45) is 11.7 Å². The molecule has 0 saturated heterocycles. The van der Waals surface area contributed by atoms with Crippen molar-refractivity contribution >= 4 is 0 Å². The van der Waals surface area contributed by atoms with E-state index in [4.69, 9.17) is 5.73 Å². The average Bonchev–Trinajstić information content (AvgIpc) is 3.19. The van der Waals surface area contributed by atoms with E-state index < -0.39 is 0 Å². The largest absolute Gasteiger partial charge is 0.330 e. The lowest BCUT2D eigenvalue weighted by molar-refractivity contribution is 0.408. The summed E-state index contributed by atoms with van der Waals surface area (Å²) in [6, 6.07) is 11.0. The molecule has 0 bridgehead atoms. The number of imidazole rings is 1. The Labute approximate surface area is 127 Å². The summed E-state index contributed by atoms with van der Waals surface area (Å²) in [5, 5.41) is 0. The molecule has 2 N–H and O–H groups in total. The number of rotatable bonds is 7. The second kappa shape index (κ2) is 6.44. The van der Waals surface area contributed by atoms with Crippen LogP contribution in [0, 0.1) is 5.92 Å². The molecule has 0 spiro atoms. The molecule has 1 aromatic heterocycles. The van der Waals surface area contributed by atoms with Crippen LogP contribution < -0.4 is 5.73 Å². The van der Waals surface area contributed by atoms with E-state index in [1.54, 1.807) is 0 Å². The molecule has 1 aliphatic rings. The SMILES string of the molecule is CCC(CC1CC1)n1cncc1[C@H](N)Cc1ccccc1. The highest BCUT2D eigenvalue weighted by Crippen LogP contribution is 2.38. The molecule has 1 aromatic carbocycles. The molecule has 2 aromatic rings. The standard InChI is InChI=1S/C18H25N3/c1-2-16(10-15-8-9-15)21-13-20-12-18(21)17(19)11-14-6-4-3-5-7-14/h3-7,12-13,15-17H,2,8-11,19H2,1H3/t16?,17-/m1/s1. The van der Waals surface area contributed by atoms with E-state index in [9.17, 15) is 0 Å². The van der Waals surface area contributed by atoms with Gasteiger partial charge in [0.1, 0.15) is 0 Å². The number of nitrogens with zero attached hydrogens (tertiary/aromatic N) is 2. The second-order valence-electron chi connectivity index (χ2n) is 6.26. The number of hydrogen-bond donors (Lipinski definition) is 1. The Morgan fingerprint density at radius 3 is 2.71 bits per heavy atom. The van der Waals surface area contributed by atoms with Crippen LogP contribution in [-0.2, 0) is 6.42 Å². The number of hydrogen-bond acceptors (Lipinski definition) is 2. The molecule has 1 unspecified atom stereocenters. The second-order valence-corrected chi connectivity index (χ2v) is 6.26. The molecular weight excluding hydrogens is 258 g/mol. The first kappa shape index (κ1) is 14.3. The fourth-order valence-corrected chi connectivity index (χ4v) is 3.10. The molecule has 112 valence electrons. The third kappa shape index (κ3) is 3.53. The normalized spacial score (nSPS) is 17.6. The highest BCUT2D eigenvalue weighted by Gasteiger charge is 2.27. The zero-order valence-electron chi connectivity index (χ0n) is 12.8. The lowest BCUT2D eigenvalue weighted by atomic mass is 10.0. The van der Waals surface area contributed by atoms with Gasteiger partial charge in [-0.1, -0.05) is 50.1 Å². The predicted octanol–water partition coefficient (Wildman–Crippen LogP) is 3.88. The monoisotopic (exact) mass is 283 g/mol. The first-order valence-electron chi connectivity index (χ1n) is 8.09. The van der Waals surface area contributed by atoms with Gasteiger partial charge in [-0.05, 0) is 30.7 Å². The minimum absolute atomic E-state index is 0.0168. The first-order chi connectivity index (χ1) is 10.3. The molecule has 21 heavy (non-hydrogen) atoms. The Morgan fingerprint density at radius 2 is 2.05 bits per heavy atom. The Kier molecular flexibility index (Phi) is 4.39. The van der Waals surface area contributed by atoms with E-state index >= 15 is 0 Å². The molecular formula is C18H25N3. The Morgan fingerprint density at radius 1 is 1.29 bits per heavy atom. The maximum atomic E-state index is 6.45. The molecule has 0 aliphatic heterocycles. The van der Waals surface area contributed by atoms with Gasteiger partial charge >= 0.3 is 0 Å². The molecule has 3 nitrogen and oxygen atoms in total. The van der Waals surface area contributed by atoms with Gasteiger partial charge in [0, 0.05) is 12.2 Å². The molecule has 1 saturated carbocycles. The summed E-state index contributed by atoms with van der Waals surface area (Å²) in [7, 11) is 0. The van der Waals surface area contributed by atoms with Crippen molar-refractivity contribution in [3.05, 3.63) is 54.1 Å². The van der Waals surface area contributed by atoms with Crippen molar-refractivity contribution in [3.8, 4) is 0 Å². The van der Waals surface area contributed by atoms with Gasteiger partial charge in [-0.3, -0.25) is 0 Å². The third-order valence-corrected chi connectivity index (χ3v) is 4.54. The van der Waals surface area contributed by atoms with Crippen molar-refractivity contribution in [1.82, 2.24) is 9.55 Å². The van der Waals surface area contributed by atoms with Crippen LogP contribution >= 0.6 is 0 Å². The summed E-state index contributed by atoms with van der Waals surface area (Å²) in [6.45, 7) is 2.26. The van der Waals surface area contributed by atoms with Gasteiger partial charge in [-0.2, -0.15) is 0 Å². The Balaban J connectivity index is 1.74. The van der Waals surface area contributed by atoms with Crippen LogP contribution in [0.4, 0.5) is 0 Å². The summed E-state index contributed by atoms with van der Waals surface area (Å²) in [4.78, 5) is 4.36. The molecule has 3 rings (SSSR count). The zero-order chi connectivity index (χ0) is 14.7. The van der Waals surface area contributed by atoms with Crippen molar-refractivity contribution in [2.45, 2.75) is 51.1 Å². The fourth-order valence-electron chi connectivity index (χ4n) is 3.10. The van der Waals surface area contributed by atoms with Gasteiger partial charge in [-0.15, -0.1) is 0 Å². The maximum absolute atomic E-state index is 6.45. The van der Waals surface area contributed by atoms with Crippen LogP contribution in [0.2, 0.25) is 0 Å². The summed E-state index contributed by atoms with van der Waals surface area (Å²) in [6.07, 6.45) is 10.0. The quantitative estimate of drug-likeness (QED) is 0.838. The van der Waals surface area contributed by atoms with Gasteiger partial charge in [-0.25, -0.2) is 4.98 Å². The topological polar surface area (TPSA) is 43.8 Å². The summed E-state index contributed by atoms with van der Waals surface area (Å²) in [5.41, 5.74) is 8.91. The van der Waals surface area contributed by atoms with E-state index in [2.05, 4.69) is 40.7 Å². The van der Waals surface area contributed by atoms with Crippen LogP contribution in [0.5, 0.6) is 0 Å².